The fraction of sp³-hybridized carbons (Fsp3) is 0.556. The summed E-state index contributed by atoms with van der Waals surface area (Å²) in [6, 6.07) is 3.39. The molecule has 0 radical (unpaired) electrons. The summed E-state index contributed by atoms with van der Waals surface area (Å²) < 4.78 is 5.42. The van der Waals surface area contributed by atoms with Gasteiger partial charge in [-0.05, 0) is 51.3 Å². The zero-order chi connectivity index (χ0) is 19.1. The summed E-state index contributed by atoms with van der Waals surface area (Å²) >= 11 is 12.1. The number of likely N-dealkylation sites (tertiary alicyclic amines) is 1. The molecule has 0 atom stereocenters. The molecule has 6 nitrogen and oxygen atoms in total. The lowest BCUT2D eigenvalue weighted by molar-refractivity contribution is 0.0163. The predicted molar refractivity (Wildman–Crippen MR) is 102 cm³/mol. The number of urea groups is 1. The van der Waals surface area contributed by atoms with E-state index in [9.17, 15) is 9.59 Å². The Labute approximate surface area is 163 Å². The van der Waals surface area contributed by atoms with Gasteiger partial charge in [0.15, 0.2) is 0 Å². The Morgan fingerprint density at radius 3 is 2.42 bits per heavy atom. The highest BCUT2D eigenvalue weighted by atomic mass is 35.5. The Hall–Kier alpha value is -1.66. The second kappa shape index (κ2) is 7.16. The van der Waals surface area contributed by atoms with E-state index in [1.54, 1.807) is 21.9 Å². The molecule has 0 bridgehead atoms. The second-order valence-electron chi connectivity index (χ2n) is 7.68. The molecule has 3 amide bonds. The van der Waals surface area contributed by atoms with Crippen molar-refractivity contribution in [1.82, 2.24) is 9.80 Å². The number of halogens is 2. The van der Waals surface area contributed by atoms with Crippen LogP contribution in [0.5, 0.6) is 0 Å². The third-order valence-corrected chi connectivity index (χ3v) is 5.27. The lowest BCUT2D eigenvalue weighted by Gasteiger charge is -2.40. The molecule has 1 fully saturated rings. The lowest BCUT2D eigenvalue weighted by Crippen LogP contribution is -2.51. The van der Waals surface area contributed by atoms with Crippen molar-refractivity contribution < 1.29 is 14.3 Å². The molecule has 2 aliphatic rings. The third kappa shape index (κ3) is 4.18. The highest BCUT2D eigenvalue weighted by molar-refractivity contribution is 6.42. The van der Waals surface area contributed by atoms with Gasteiger partial charge < -0.3 is 19.9 Å². The summed E-state index contributed by atoms with van der Waals surface area (Å²) in [5, 5.41) is 3.77. The van der Waals surface area contributed by atoms with E-state index in [4.69, 9.17) is 27.9 Å². The summed E-state index contributed by atoms with van der Waals surface area (Å²) in [4.78, 5) is 28.2. The molecule has 142 valence electrons. The Morgan fingerprint density at radius 2 is 1.81 bits per heavy atom. The van der Waals surface area contributed by atoms with Gasteiger partial charge in [0, 0.05) is 31.4 Å². The maximum absolute atomic E-state index is 12.5. The standard InChI is InChI=1S/C18H23Cl2N3O3/c1-18(2,3)26-17(25)22-6-4-12(5-7-22)23-10-11-8-13(19)14(20)9-15(11)21-16(23)24/h8-9,12H,4-7,10H2,1-3H3,(H,21,24). The fourth-order valence-electron chi connectivity index (χ4n) is 3.26. The Kier molecular flexibility index (Phi) is 5.26. The van der Waals surface area contributed by atoms with Crippen LogP contribution in [0.3, 0.4) is 0 Å². The van der Waals surface area contributed by atoms with Crippen LogP contribution in [0, 0.1) is 0 Å². The van der Waals surface area contributed by atoms with E-state index in [2.05, 4.69) is 5.32 Å². The van der Waals surface area contributed by atoms with Gasteiger partial charge in [-0.3, -0.25) is 0 Å². The van der Waals surface area contributed by atoms with E-state index in [-0.39, 0.29) is 18.2 Å². The van der Waals surface area contributed by atoms with Crippen LogP contribution in [0.4, 0.5) is 15.3 Å². The molecule has 0 saturated carbocycles. The summed E-state index contributed by atoms with van der Waals surface area (Å²) in [7, 11) is 0. The van der Waals surface area contributed by atoms with E-state index >= 15 is 0 Å². The first-order valence-electron chi connectivity index (χ1n) is 8.67. The first-order valence-corrected chi connectivity index (χ1v) is 9.43. The van der Waals surface area contributed by atoms with E-state index in [1.165, 1.54) is 0 Å². The zero-order valence-electron chi connectivity index (χ0n) is 15.1. The molecule has 2 heterocycles. The molecule has 0 unspecified atom stereocenters. The summed E-state index contributed by atoms with van der Waals surface area (Å²) in [6.45, 7) is 7.17. The number of amides is 3. The van der Waals surface area contributed by atoms with Crippen LogP contribution in [-0.4, -0.2) is 46.7 Å². The number of rotatable bonds is 1. The van der Waals surface area contributed by atoms with Crippen LogP contribution >= 0.6 is 23.2 Å². The van der Waals surface area contributed by atoms with E-state index in [0.717, 1.165) is 5.56 Å². The van der Waals surface area contributed by atoms with Gasteiger partial charge in [-0.15, -0.1) is 0 Å². The quantitative estimate of drug-likeness (QED) is 0.741. The highest BCUT2D eigenvalue weighted by Gasteiger charge is 2.34. The largest absolute Gasteiger partial charge is 0.444 e. The SMILES string of the molecule is CC(C)(C)OC(=O)N1CCC(N2Cc3cc(Cl)c(Cl)cc3NC2=O)CC1. The smallest absolute Gasteiger partial charge is 0.410 e. The molecule has 1 aromatic rings. The number of nitrogens with zero attached hydrogens (tertiary/aromatic N) is 2. The predicted octanol–water partition coefficient (Wildman–Crippen LogP) is 4.74. The molecule has 0 aromatic heterocycles. The normalized spacial score (nSPS) is 18.4. The second-order valence-corrected chi connectivity index (χ2v) is 8.49. The number of carbonyl (C=O) groups is 2. The first kappa shape index (κ1) is 19.1. The van der Waals surface area contributed by atoms with Crippen LogP contribution in [0.1, 0.15) is 39.2 Å². The molecule has 8 heteroatoms. The van der Waals surface area contributed by atoms with Gasteiger partial charge in [0.05, 0.1) is 10.0 Å². The van der Waals surface area contributed by atoms with Gasteiger partial charge in [0.25, 0.3) is 0 Å². The third-order valence-electron chi connectivity index (χ3n) is 4.55. The van der Waals surface area contributed by atoms with Crippen molar-refractivity contribution in [3.63, 3.8) is 0 Å². The molecular weight excluding hydrogens is 377 g/mol. The van der Waals surface area contributed by atoms with Gasteiger partial charge in [0.2, 0.25) is 0 Å². The van der Waals surface area contributed by atoms with Gasteiger partial charge in [-0.1, -0.05) is 23.2 Å². The van der Waals surface area contributed by atoms with E-state index in [0.29, 0.717) is 48.2 Å². The first-order chi connectivity index (χ1) is 12.1. The highest BCUT2D eigenvalue weighted by Crippen LogP contribution is 2.34. The van der Waals surface area contributed by atoms with Crippen molar-refractivity contribution in [2.75, 3.05) is 18.4 Å². The van der Waals surface area contributed by atoms with E-state index in [1.807, 2.05) is 20.8 Å². The fourth-order valence-corrected chi connectivity index (χ4v) is 3.61. The Balaban J connectivity index is 1.63. The Bertz CT molecular complexity index is 725. The monoisotopic (exact) mass is 399 g/mol. The molecule has 1 saturated heterocycles. The van der Waals surface area contributed by atoms with Crippen LogP contribution < -0.4 is 5.32 Å². The van der Waals surface area contributed by atoms with Crippen LogP contribution in [-0.2, 0) is 11.3 Å². The average Bonchev–Trinajstić information content (AvgIpc) is 2.54. The van der Waals surface area contributed by atoms with Crippen LogP contribution in [0.15, 0.2) is 12.1 Å². The number of nitrogens with one attached hydrogen (secondary N) is 1. The van der Waals surface area contributed by atoms with Gasteiger partial charge >= 0.3 is 12.1 Å². The molecule has 0 spiro atoms. The number of benzene rings is 1. The summed E-state index contributed by atoms with van der Waals surface area (Å²) in [5.74, 6) is 0. The number of fused-ring (bicyclic) bond motifs is 1. The Morgan fingerprint density at radius 1 is 1.19 bits per heavy atom. The molecule has 1 N–H and O–H groups in total. The van der Waals surface area contributed by atoms with Crippen molar-refractivity contribution in [2.24, 2.45) is 0 Å². The van der Waals surface area contributed by atoms with Crippen LogP contribution in [0.25, 0.3) is 0 Å². The molecule has 0 aliphatic carbocycles. The van der Waals surface area contributed by atoms with Crippen molar-refractivity contribution >= 4 is 41.0 Å². The van der Waals surface area contributed by atoms with E-state index < -0.39 is 5.60 Å². The van der Waals surface area contributed by atoms with Crippen molar-refractivity contribution in [3.05, 3.63) is 27.7 Å². The zero-order valence-corrected chi connectivity index (χ0v) is 16.7. The van der Waals surface area contributed by atoms with Crippen LogP contribution in [0.2, 0.25) is 10.0 Å². The minimum Gasteiger partial charge on any atom is -0.444 e. The van der Waals surface area contributed by atoms with Crippen molar-refractivity contribution in [3.8, 4) is 0 Å². The number of anilines is 1. The number of carbonyl (C=O) groups excluding carboxylic acids is 2. The van der Waals surface area contributed by atoms with Crippen molar-refractivity contribution in [2.45, 2.75) is 51.8 Å². The summed E-state index contributed by atoms with van der Waals surface area (Å²) in [5.41, 5.74) is 1.13. The number of ether oxygens (including phenoxy) is 1. The molecule has 1 aromatic carbocycles. The minimum atomic E-state index is -0.509. The average molecular weight is 400 g/mol. The summed E-state index contributed by atoms with van der Waals surface area (Å²) in [6.07, 6.45) is 1.12. The maximum Gasteiger partial charge on any atom is 0.410 e. The lowest BCUT2D eigenvalue weighted by atomic mass is 10.0. The topological polar surface area (TPSA) is 61.9 Å². The van der Waals surface area contributed by atoms with Gasteiger partial charge in [0.1, 0.15) is 5.60 Å². The molecule has 26 heavy (non-hydrogen) atoms. The van der Waals surface area contributed by atoms with Gasteiger partial charge in [-0.25, -0.2) is 9.59 Å². The molecular formula is C18H23Cl2N3O3. The maximum atomic E-state index is 12.5. The number of piperidine rings is 1. The minimum absolute atomic E-state index is 0.0660. The molecule has 3 rings (SSSR count). The number of hydrogen-bond acceptors (Lipinski definition) is 3. The number of hydrogen-bond donors (Lipinski definition) is 1. The molecule has 2 aliphatic heterocycles. The van der Waals surface area contributed by atoms with Gasteiger partial charge in [-0.2, -0.15) is 0 Å². The van der Waals surface area contributed by atoms with Crippen molar-refractivity contribution in [1.29, 1.82) is 0 Å².